The summed E-state index contributed by atoms with van der Waals surface area (Å²) in [6, 6.07) is 7.53. The molecule has 2 aliphatic rings. The van der Waals surface area contributed by atoms with Crippen molar-refractivity contribution in [3.05, 3.63) is 87.5 Å². The molecule has 13 nitrogen and oxygen atoms in total. The van der Waals surface area contributed by atoms with Crippen molar-refractivity contribution < 1.29 is 63.7 Å². The van der Waals surface area contributed by atoms with E-state index in [0.717, 1.165) is 13.5 Å². The third-order valence-electron chi connectivity index (χ3n) is 7.17. The summed E-state index contributed by atoms with van der Waals surface area (Å²) in [7, 11) is 0. The summed E-state index contributed by atoms with van der Waals surface area (Å²) in [6.07, 6.45) is -0.930. The highest BCUT2D eigenvalue weighted by Gasteiger charge is 2.54. The molecule has 43 heavy (non-hydrogen) atoms. The minimum Gasteiger partial charge on any atom is -0.508 e. The van der Waals surface area contributed by atoms with Gasteiger partial charge in [0.1, 0.15) is 23.0 Å². The van der Waals surface area contributed by atoms with Crippen LogP contribution in [0.4, 0.5) is 0 Å². The molecular weight excluding hydrogens is 568 g/mol. The third-order valence-corrected chi connectivity index (χ3v) is 7.17. The molecule has 0 unspecified atom stereocenters. The molecule has 0 saturated heterocycles. The minimum atomic E-state index is -1.93. The summed E-state index contributed by atoms with van der Waals surface area (Å²) in [6.45, 7) is 2.00. The summed E-state index contributed by atoms with van der Waals surface area (Å²) in [5, 5.41) is 49.8. The lowest BCUT2D eigenvalue weighted by molar-refractivity contribution is -0.138. The average molecular weight is 592 g/mol. The first-order valence-electron chi connectivity index (χ1n) is 12.8. The molecule has 13 heteroatoms. The van der Waals surface area contributed by atoms with Crippen LogP contribution >= 0.6 is 0 Å². The van der Waals surface area contributed by atoms with Gasteiger partial charge < -0.3 is 39.7 Å². The lowest BCUT2D eigenvalue weighted by Gasteiger charge is -2.37. The lowest BCUT2D eigenvalue weighted by atomic mass is 9.75. The Morgan fingerprint density at radius 2 is 1.35 bits per heavy atom. The summed E-state index contributed by atoms with van der Waals surface area (Å²) >= 11 is 0. The van der Waals surface area contributed by atoms with Gasteiger partial charge in [-0.2, -0.15) is 0 Å². The molecule has 2 aliphatic heterocycles. The van der Waals surface area contributed by atoms with Crippen molar-refractivity contribution in [3.8, 4) is 23.0 Å². The highest BCUT2D eigenvalue weighted by atomic mass is 16.6. The Kier molecular flexibility index (Phi) is 7.18. The number of fused-ring (bicyclic) bond motifs is 6. The number of carboxylic acid groups (broad SMARTS) is 3. The van der Waals surface area contributed by atoms with E-state index in [1.165, 1.54) is 36.4 Å². The standard InChI is InChI=1S/C30H23O13/c1-13(31)41-12-16-6-18-19(9-17(16)28(38)39)30(43-29(18)40)20-7-14(2-4-26(34)35)22(32)10-24(20)42-25-11-23(33)15(8-21(25)30)3-5-27(36)37/h6-12,32-33H,2-5H2,1H3,(H,34,35)(H,36,37)(H,38,39). The molecule has 1 radical (unpaired) electrons. The summed E-state index contributed by atoms with van der Waals surface area (Å²) in [5.74, 6) is -6.02. The first-order chi connectivity index (χ1) is 20.3. The van der Waals surface area contributed by atoms with Gasteiger partial charge >= 0.3 is 29.8 Å². The number of phenols is 2. The normalized spacial score (nSPS) is 13.7. The van der Waals surface area contributed by atoms with Gasteiger partial charge in [-0.25, -0.2) is 9.59 Å². The lowest BCUT2D eigenvalue weighted by Crippen LogP contribution is -2.33. The molecule has 0 fully saturated rings. The van der Waals surface area contributed by atoms with Crippen LogP contribution in [0.15, 0.2) is 36.4 Å². The van der Waals surface area contributed by atoms with Gasteiger partial charge in [-0.1, -0.05) is 0 Å². The van der Waals surface area contributed by atoms with E-state index in [1.54, 1.807) is 0 Å². The monoisotopic (exact) mass is 591 g/mol. The summed E-state index contributed by atoms with van der Waals surface area (Å²) < 4.78 is 16.9. The maximum atomic E-state index is 13.5. The fourth-order valence-electron chi connectivity index (χ4n) is 5.25. The van der Waals surface area contributed by atoms with Crippen LogP contribution in [0, 0.1) is 6.61 Å². The van der Waals surface area contributed by atoms with Gasteiger partial charge in [0.15, 0.2) is 12.2 Å². The fourth-order valence-corrected chi connectivity index (χ4v) is 5.25. The Labute approximate surface area is 242 Å². The van der Waals surface area contributed by atoms with E-state index < -0.39 is 35.4 Å². The van der Waals surface area contributed by atoms with Crippen LogP contribution in [0.5, 0.6) is 23.0 Å². The van der Waals surface area contributed by atoms with E-state index in [0.29, 0.717) is 0 Å². The quantitative estimate of drug-likeness (QED) is 0.226. The van der Waals surface area contributed by atoms with Crippen molar-refractivity contribution in [3.63, 3.8) is 0 Å². The van der Waals surface area contributed by atoms with Gasteiger partial charge in [0.05, 0.1) is 11.1 Å². The molecule has 5 rings (SSSR count). The van der Waals surface area contributed by atoms with Crippen molar-refractivity contribution in [1.29, 1.82) is 0 Å². The first-order valence-corrected chi connectivity index (χ1v) is 12.8. The number of aromatic hydroxyl groups is 2. The second kappa shape index (κ2) is 10.7. The van der Waals surface area contributed by atoms with Gasteiger partial charge in [0.2, 0.25) is 0 Å². The molecule has 0 amide bonds. The number of carboxylic acids is 3. The predicted molar refractivity (Wildman–Crippen MR) is 142 cm³/mol. The highest BCUT2D eigenvalue weighted by molar-refractivity contribution is 6.00. The van der Waals surface area contributed by atoms with Crippen molar-refractivity contribution in [2.75, 3.05) is 0 Å². The van der Waals surface area contributed by atoms with Crippen LogP contribution in [0.25, 0.3) is 0 Å². The van der Waals surface area contributed by atoms with Gasteiger partial charge in [-0.15, -0.1) is 0 Å². The van der Waals surface area contributed by atoms with Crippen LogP contribution in [-0.2, 0) is 42.3 Å². The van der Waals surface area contributed by atoms with Crippen molar-refractivity contribution >= 4 is 29.8 Å². The van der Waals surface area contributed by atoms with Gasteiger partial charge in [0.25, 0.3) is 0 Å². The molecule has 0 aliphatic carbocycles. The Bertz CT molecular complexity index is 1660. The SMILES string of the molecule is CC(=O)O[CH]c1cc2c(cc1C(=O)O)C1(OC2=O)c2cc(CCC(=O)O)c(O)cc2Oc2cc(O)c(CCC(=O)O)cc21. The highest BCUT2D eigenvalue weighted by Crippen LogP contribution is 2.58. The number of ether oxygens (including phenoxy) is 3. The molecule has 0 bridgehead atoms. The zero-order valence-electron chi connectivity index (χ0n) is 22.4. The molecule has 3 aromatic carbocycles. The van der Waals surface area contributed by atoms with Crippen LogP contribution in [-0.4, -0.2) is 55.4 Å². The van der Waals surface area contributed by atoms with Gasteiger partial charge in [-0.05, 0) is 48.2 Å². The summed E-state index contributed by atoms with van der Waals surface area (Å²) in [4.78, 5) is 59.7. The van der Waals surface area contributed by atoms with Crippen molar-refractivity contribution in [2.45, 2.75) is 38.2 Å². The van der Waals surface area contributed by atoms with Crippen LogP contribution in [0.3, 0.4) is 0 Å². The van der Waals surface area contributed by atoms with E-state index in [-0.39, 0.29) is 93.2 Å². The van der Waals surface area contributed by atoms with E-state index in [4.69, 9.17) is 14.2 Å². The zero-order chi connectivity index (χ0) is 31.2. The number of benzene rings is 3. The van der Waals surface area contributed by atoms with Crippen LogP contribution < -0.4 is 4.74 Å². The maximum absolute atomic E-state index is 13.5. The topological polar surface area (TPSA) is 214 Å². The molecule has 1 spiro atoms. The van der Waals surface area contributed by atoms with E-state index in [2.05, 4.69) is 0 Å². The van der Waals surface area contributed by atoms with E-state index in [9.17, 15) is 49.5 Å². The molecule has 5 N–H and O–H groups in total. The Hall–Kier alpha value is -5.59. The molecule has 2 heterocycles. The molecule has 0 aromatic heterocycles. The van der Waals surface area contributed by atoms with E-state index in [1.807, 2.05) is 0 Å². The van der Waals surface area contributed by atoms with Gasteiger partial charge in [-0.3, -0.25) is 14.4 Å². The number of carbonyl (C=O) groups is 5. The van der Waals surface area contributed by atoms with Gasteiger partial charge in [0, 0.05) is 54.2 Å². The van der Waals surface area contributed by atoms with Crippen molar-refractivity contribution in [2.24, 2.45) is 0 Å². The molecule has 0 saturated carbocycles. The Morgan fingerprint density at radius 1 is 0.814 bits per heavy atom. The number of aryl methyl sites for hydroxylation is 2. The number of phenolic OH excluding ortho intramolecular Hbond substituents is 2. The van der Waals surface area contributed by atoms with Crippen molar-refractivity contribution in [1.82, 2.24) is 0 Å². The molecule has 221 valence electrons. The van der Waals surface area contributed by atoms with E-state index >= 15 is 0 Å². The number of hydrogen-bond donors (Lipinski definition) is 5. The molecule has 3 aromatic rings. The Balaban J connectivity index is 1.81. The smallest absolute Gasteiger partial charge is 0.340 e. The Morgan fingerprint density at radius 3 is 1.81 bits per heavy atom. The average Bonchev–Trinajstić information content (AvgIpc) is 3.21. The number of rotatable bonds is 9. The van der Waals surface area contributed by atoms with Crippen LogP contribution in [0.1, 0.15) is 73.9 Å². The number of aromatic carboxylic acids is 1. The number of carbonyl (C=O) groups excluding carboxylic acids is 2. The third kappa shape index (κ3) is 5.05. The zero-order valence-corrected chi connectivity index (χ0v) is 22.4. The number of esters is 2. The molecular formula is C30H23O13. The van der Waals surface area contributed by atoms with Crippen LogP contribution in [0.2, 0.25) is 0 Å². The maximum Gasteiger partial charge on any atom is 0.340 e. The second-order valence-electron chi connectivity index (χ2n) is 9.93. The largest absolute Gasteiger partial charge is 0.508 e. The first kappa shape index (κ1) is 28.9. The minimum absolute atomic E-state index is 0.0326. The molecule has 0 atom stereocenters. The predicted octanol–water partition coefficient (Wildman–Crippen LogP) is 3.47. The second-order valence-corrected chi connectivity index (χ2v) is 9.93. The fraction of sp³-hybridized carbons (Fsp3) is 0.200. The number of hydrogen-bond acceptors (Lipinski definition) is 10. The number of aliphatic carboxylic acids is 2. The summed E-state index contributed by atoms with van der Waals surface area (Å²) in [5.41, 5.74) is -1.89.